The van der Waals surface area contributed by atoms with E-state index in [2.05, 4.69) is 17.3 Å². The number of benzene rings is 1. The van der Waals surface area contributed by atoms with E-state index in [1.807, 2.05) is 31.2 Å². The molecular formula is C17H27ClN2O3. The number of nitrogens with zero attached hydrogens (tertiary/aromatic N) is 1. The Hall–Kier alpha value is -0.690. The molecule has 1 aromatic rings. The summed E-state index contributed by atoms with van der Waals surface area (Å²) in [6, 6.07) is 7.56. The molecule has 0 unspecified atom stereocenters. The summed E-state index contributed by atoms with van der Waals surface area (Å²) in [6.45, 7) is 6.18. The molecule has 1 saturated heterocycles. The normalized spacial score (nSPS) is 22.0. The second-order valence-electron chi connectivity index (χ2n) is 6.09. The fourth-order valence-electron chi connectivity index (χ4n) is 2.55. The summed E-state index contributed by atoms with van der Waals surface area (Å²) < 4.78 is 11.4. The van der Waals surface area contributed by atoms with E-state index in [-0.39, 0.29) is 12.2 Å². The van der Waals surface area contributed by atoms with Crippen LogP contribution in [0.4, 0.5) is 0 Å². The molecule has 3 atom stereocenters. The number of hydrogen-bond donors (Lipinski definition) is 2. The molecule has 2 N–H and O–H groups in total. The number of rotatable bonds is 8. The maximum absolute atomic E-state index is 10.0. The largest absolute Gasteiger partial charge is 0.389 e. The van der Waals surface area contributed by atoms with Crippen LogP contribution in [-0.2, 0) is 9.47 Å². The van der Waals surface area contributed by atoms with Crippen molar-refractivity contribution in [3.05, 3.63) is 34.9 Å². The van der Waals surface area contributed by atoms with Crippen LogP contribution in [0.15, 0.2) is 24.3 Å². The van der Waals surface area contributed by atoms with Crippen molar-refractivity contribution in [3.63, 3.8) is 0 Å². The predicted molar refractivity (Wildman–Crippen MR) is 91.9 cm³/mol. The van der Waals surface area contributed by atoms with E-state index in [0.717, 1.165) is 31.8 Å². The summed E-state index contributed by atoms with van der Waals surface area (Å²) in [4.78, 5) is 2.25. The SMILES string of the molecule is C[C@H](OC[C@H](O)CNC[C@H]1CN(C)CCO1)c1ccc(Cl)cc1. The van der Waals surface area contributed by atoms with E-state index in [9.17, 15) is 5.11 Å². The van der Waals surface area contributed by atoms with Gasteiger partial charge in [0, 0.05) is 31.2 Å². The lowest BCUT2D eigenvalue weighted by molar-refractivity contribution is -0.0240. The van der Waals surface area contributed by atoms with Crippen LogP contribution >= 0.6 is 11.6 Å². The van der Waals surface area contributed by atoms with Crippen LogP contribution in [0.25, 0.3) is 0 Å². The first-order valence-corrected chi connectivity index (χ1v) is 8.48. The molecule has 1 aliphatic rings. The number of hydrogen-bond acceptors (Lipinski definition) is 5. The van der Waals surface area contributed by atoms with Gasteiger partial charge >= 0.3 is 0 Å². The summed E-state index contributed by atoms with van der Waals surface area (Å²) in [5.41, 5.74) is 1.05. The van der Waals surface area contributed by atoms with Gasteiger partial charge in [0.1, 0.15) is 0 Å². The molecule has 6 heteroatoms. The summed E-state index contributed by atoms with van der Waals surface area (Å²) in [5.74, 6) is 0. The molecule has 0 amide bonds. The molecule has 1 fully saturated rings. The monoisotopic (exact) mass is 342 g/mol. The van der Waals surface area contributed by atoms with Crippen molar-refractivity contribution >= 4 is 11.6 Å². The maximum atomic E-state index is 10.0. The number of aliphatic hydroxyl groups is 1. The first-order chi connectivity index (χ1) is 11.0. The molecule has 0 radical (unpaired) electrons. The minimum Gasteiger partial charge on any atom is -0.389 e. The lowest BCUT2D eigenvalue weighted by Gasteiger charge is -2.30. The number of morpholine rings is 1. The molecule has 0 saturated carbocycles. The number of aliphatic hydroxyl groups excluding tert-OH is 1. The Balaban J connectivity index is 1.61. The third-order valence-corrected chi connectivity index (χ3v) is 4.22. The highest BCUT2D eigenvalue weighted by Gasteiger charge is 2.17. The Morgan fingerprint density at radius 2 is 2.17 bits per heavy atom. The average Bonchev–Trinajstić information content (AvgIpc) is 2.53. The van der Waals surface area contributed by atoms with Crippen molar-refractivity contribution in [2.75, 3.05) is 46.4 Å². The van der Waals surface area contributed by atoms with Gasteiger partial charge in [0.05, 0.1) is 31.5 Å². The summed E-state index contributed by atoms with van der Waals surface area (Å²) in [6.07, 6.45) is -0.418. The molecule has 1 aliphatic heterocycles. The van der Waals surface area contributed by atoms with Gasteiger partial charge in [0.2, 0.25) is 0 Å². The van der Waals surface area contributed by atoms with Crippen LogP contribution in [0, 0.1) is 0 Å². The van der Waals surface area contributed by atoms with Gasteiger partial charge in [-0.05, 0) is 31.7 Å². The highest BCUT2D eigenvalue weighted by molar-refractivity contribution is 6.30. The number of likely N-dealkylation sites (N-methyl/N-ethyl adjacent to an activating group) is 1. The second-order valence-corrected chi connectivity index (χ2v) is 6.53. The van der Waals surface area contributed by atoms with Crippen LogP contribution in [0.1, 0.15) is 18.6 Å². The molecule has 2 rings (SSSR count). The Morgan fingerprint density at radius 1 is 1.43 bits per heavy atom. The van der Waals surface area contributed by atoms with Crippen LogP contribution in [0.3, 0.4) is 0 Å². The van der Waals surface area contributed by atoms with Gasteiger partial charge in [-0.2, -0.15) is 0 Å². The quantitative estimate of drug-likeness (QED) is 0.753. The van der Waals surface area contributed by atoms with Gasteiger partial charge in [-0.15, -0.1) is 0 Å². The van der Waals surface area contributed by atoms with E-state index in [4.69, 9.17) is 21.1 Å². The lowest BCUT2D eigenvalue weighted by Crippen LogP contribution is -2.46. The first kappa shape index (κ1) is 18.6. The Kier molecular flexibility index (Phi) is 7.76. The molecule has 5 nitrogen and oxygen atoms in total. The molecule has 1 heterocycles. The first-order valence-electron chi connectivity index (χ1n) is 8.10. The molecular weight excluding hydrogens is 316 g/mol. The molecule has 1 aromatic carbocycles. The Bertz CT molecular complexity index is 458. The van der Waals surface area contributed by atoms with Crippen molar-refractivity contribution in [1.29, 1.82) is 0 Å². The van der Waals surface area contributed by atoms with E-state index in [0.29, 0.717) is 18.2 Å². The van der Waals surface area contributed by atoms with Gasteiger partial charge in [-0.25, -0.2) is 0 Å². The Labute approximate surface area is 143 Å². The van der Waals surface area contributed by atoms with Gasteiger partial charge in [-0.1, -0.05) is 23.7 Å². The summed E-state index contributed by atoms with van der Waals surface area (Å²) in [5, 5.41) is 14.0. The second kappa shape index (κ2) is 9.57. The topological polar surface area (TPSA) is 54.0 Å². The third kappa shape index (κ3) is 6.75. The van der Waals surface area contributed by atoms with Crippen LogP contribution in [0.5, 0.6) is 0 Å². The number of ether oxygens (including phenoxy) is 2. The lowest BCUT2D eigenvalue weighted by atomic mass is 10.1. The van der Waals surface area contributed by atoms with Crippen LogP contribution in [0.2, 0.25) is 5.02 Å². The minimum atomic E-state index is -0.536. The van der Waals surface area contributed by atoms with Gasteiger partial charge < -0.3 is 24.8 Å². The molecule has 0 aromatic heterocycles. The number of nitrogens with one attached hydrogen (secondary N) is 1. The molecule has 130 valence electrons. The maximum Gasteiger partial charge on any atom is 0.0897 e. The molecule has 0 aliphatic carbocycles. The highest BCUT2D eigenvalue weighted by Crippen LogP contribution is 2.19. The predicted octanol–water partition coefficient (Wildman–Crippen LogP) is 1.70. The van der Waals surface area contributed by atoms with E-state index >= 15 is 0 Å². The smallest absolute Gasteiger partial charge is 0.0897 e. The van der Waals surface area contributed by atoms with Crippen molar-refractivity contribution in [1.82, 2.24) is 10.2 Å². The van der Waals surface area contributed by atoms with E-state index in [1.54, 1.807) is 0 Å². The summed E-state index contributed by atoms with van der Waals surface area (Å²) >= 11 is 5.87. The van der Waals surface area contributed by atoms with Crippen molar-refractivity contribution < 1.29 is 14.6 Å². The van der Waals surface area contributed by atoms with Crippen molar-refractivity contribution in [2.45, 2.75) is 25.2 Å². The van der Waals surface area contributed by atoms with Crippen molar-refractivity contribution in [3.8, 4) is 0 Å². The zero-order chi connectivity index (χ0) is 16.7. The zero-order valence-electron chi connectivity index (χ0n) is 13.9. The fourth-order valence-corrected chi connectivity index (χ4v) is 2.67. The fraction of sp³-hybridized carbons (Fsp3) is 0.647. The third-order valence-electron chi connectivity index (χ3n) is 3.97. The van der Waals surface area contributed by atoms with E-state index < -0.39 is 6.10 Å². The highest BCUT2D eigenvalue weighted by atomic mass is 35.5. The molecule has 23 heavy (non-hydrogen) atoms. The standard InChI is InChI=1S/C17H27ClN2O3/c1-13(14-3-5-15(18)6-4-14)23-12-16(21)9-19-10-17-11-20(2)7-8-22-17/h3-6,13,16-17,19,21H,7-12H2,1-2H3/t13-,16+,17-/m0/s1. The van der Waals surface area contributed by atoms with Crippen LogP contribution in [-0.4, -0.2) is 68.7 Å². The van der Waals surface area contributed by atoms with E-state index in [1.165, 1.54) is 0 Å². The summed E-state index contributed by atoms with van der Waals surface area (Å²) in [7, 11) is 2.09. The van der Waals surface area contributed by atoms with Gasteiger partial charge in [0.15, 0.2) is 0 Å². The molecule has 0 spiro atoms. The zero-order valence-corrected chi connectivity index (χ0v) is 14.6. The Morgan fingerprint density at radius 3 is 2.87 bits per heavy atom. The average molecular weight is 343 g/mol. The van der Waals surface area contributed by atoms with Crippen molar-refractivity contribution in [2.24, 2.45) is 0 Å². The van der Waals surface area contributed by atoms with Gasteiger partial charge in [0.25, 0.3) is 0 Å². The number of halogens is 1. The van der Waals surface area contributed by atoms with Crippen LogP contribution < -0.4 is 5.32 Å². The minimum absolute atomic E-state index is 0.0720. The molecule has 0 bridgehead atoms. The van der Waals surface area contributed by atoms with Gasteiger partial charge in [-0.3, -0.25) is 0 Å².